The molecule has 0 saturated heterocycles. The van der Waals surface area contributed by atoms with E-state index >= 15 is 0 Å². The van der Waals surface area contributed by atoms with Crippen molar-refractivity contribution in [2.45, 2.75) is 32.2 Å². The molecule has 27 heavy (non-hydrogen) atoms. The maximum Gasteiger partial charge on any atom is 0.258 e. The number of ether oxygens (including phenoxy) is 2. The zero-order valence-electron chi connectivity index (χ0n) is 15.7. The van der Waals surface area contributed by atoms with E-state index in [4.69, 9.17) is 9.47 Å². The summed E-state index contributed by atoms with van der Waals surface area (Å²) in [6, 6.07) is 13.6. The summed E-state index contributed by atoms with van der Waals surface area (Å²) in [6.45, 7) is 3.88. The topological polar surface area (TPSA) is 87.7 Å². The summed E-state index contributed by atoms with van der Waals surface area (Å²) in [6.07, 6.45) is -0.333. The predicted octanol–water partition coefficient (Wildman–Crippen LogP) is 2.19. The third kappa shape index (κ3) is 6.02. The summed E-state index contributed by atoms with van der Waals surface area (Å²) in [5, 5.41) is 13.8. The number of para-hydroxylation sites is 1. The number of amides is 1. The minimum atomic E-state index is -1.25. The number of hydrogen-bond acceptors (Lipinski definition) is 5. The fraction of sp³-hybridized carbons (Fsp3) is 0.333. The molecular weight excluding hydrogens is 346 g/mol. The van der Waals surface area contributed by atoms with Crippen LogP contribution in [0, 0.1) is 0 Å². The minimum Gasteiger partial charge on any atom is -0.550 e. The Labute approximate surface area is 159 Å². The molecule has 0 fully saturated rings. The normalized spacial score (nSPS) is 11.7. The van der Waals surface area contributed by atoms with Crippen molar-refractivity contribution in [1.82, 2.24) is 5.32 Å². The number of rotatable bonds is 9. The van der Waals surface area contributed by atoms with Crippen molar-refractivity contribution < 1.29 is 24.2 Å². The molecular formula is C21H24NO5-. The van der Waals surface area contributed by atoms with Gasteiger partial charge in [0.05, 0.1) is 13.2 Å². The third-order valence-electron chi connectivity index (χ3n) is 4.12. The van der Waals surface area contributed by atoms with Crippen molar-refractivity contribution >= 4 is 11.9 Å². The highest BCUT2D eigenvalue weighted by Gasteiger charge is 2.16. The summed E-state index contributed by atoms with van der Waals surface area (Å²) < 4.78 is 10.7. The Morgan fingerprint density at radius 2 is 1.74 bits per heavy atom. The molecule has 0 unspecified atom stereocenters. The van der Waals surface area contributed by atoms with Crippen molar-refractivity contribution in [3.8, 4) is 11.5 Å². The number of aliphatic carboxylic acids is 1. The van der Waals surface area contributed by atoms with Gasteiger partial charge in [-0.1, -0.05) is 44.2 Å². The third-order valence-corrected chi connectivity index (χ3v) is 4.12. The Balaban J connectivity index is 2.04. The van der Waals surface area contributed by atoms with Gasteiger partial charge in [-0.15, -0.1) is 0 Å². The lowest BCUT2D eigenvalue weighted by atomic mass is 10.0. The van der Waals surface area contributed by atoms with Gasteiger partial charge in [-0.05, 0) is 35.2 Å². The molecule has 2 rings (SSSR count). The molecule has 0 saturated carbocycles. The van der Waals surface area contributed by atoms with Crippen LogP contribution in [0.25, 0.3) is 0 Å². The molecule has 0 aliphatic rings. The number of carboxylic acid groups (broad SMARTS) is 1. The largest absolute Gasteiger partial charge is 0.550 e. The van der Waals surface area contributed by atoms with E-state index in [2.05, 4.69) is 5.32 Å². The van der Waals surface area contributed by atoms with E-state index in [1.165, 1.54) is 0 Å². The molecule has 0 bridgehead atoms. The van der Waals surface area contributed by atoms with E-state index in [0.717, 1.165) is 5.56 Å². The smallest absolute Gasteiger partial charge is 0.258 e. The van der Waals surface area contributed by atoms with E-state index in [1.807, 2.05) is 38.1 Å². The van der Waals surface area contributed by atoms with Gasteiger partial charge in [0.2, 0.25) is 0 Å². The van der Waals surface area contributed by atoms with E-state index in [-0.39, 0.29) is 18.9 Å². The number of hydrogen-bond donors (Lipinski definition) is 1. The van der Waals surface area contributed by atoms with Gasteiger partial charge in [-0.2, -0.15) is 0 Å². The quantitative estimate of drug-likeness (QED) is 0.731. The van der Waals surface area contributed by atoms with E-state index in [9.17, 15) is 14.7 Å². The number of nitrogens with one attached hydrogen (secondary N) is 1. The van der Waals surface area contributed by atoms with Crippen LogP contribution in [0.3, 0.4) is 0 Å². The highest BCUT2D eigenvalue weighted by atomic mass is 16.5. The van der Waals surface area contributed by atoms with Crippen LogP contribution in [0.4, 0.5) is 0 Å². The zero-order chi connectivity index (χ0) is 19.8. The number of benzene rings is 2. The average Bonchev–Trinajstić information content (AvgIpc) is 2.65. The van der Waals surface area contributed by atoms with Gasteiger partial charge in [0.15, 0.2) is 6.61 Å². The summed E-state index contributed by atoms with van der Waals surface area (Å²) >= 11 is 0. The first-order chi connectivity index (χ1) is 12.9. The second kappa shape index (κ2) is 9.62. The Morgan fingerprint density at radius 1 is 1.07 bits per heavy atom. The van der Waals surface area contributed by atoms with Crippen molar-refractivity contribution in [2.24, 2.45) is 0 Å². The van der Waals surface area contributed by atoms with Gasteiger partial charge in [-0.3, -0.25) is 4.79 Å². The van der Waals surface area contributed by atoms with E-state index < -0.39 is 17.9 Å². The first-order valence-electron chi connectivity index (χ1n) is 8.75. The summed E-state index contributed by atoms with van der Waals surface area (Å²) in [7, 11) is 1.54. The van der Waals surface area contributed by atoms with Crippen LogP contribution >= 0.6 is 0 Å². The van der Waals surface area contributed by atoms with Crippen molar-refractivity contribution in [1.29, 1.82) is 0 Å². The number of methoxy groups -OCH3 is 1. The molecule has 2 aromatic carbocycles. The molecule has 1 amide bonds. The second-order valence-electron chi connectivity index (χ2n) is 6.45. The lowest BCUT2D eigenvalue weighted by Gasteiger charge is -2.20. The van der Waals surface area contributed by atoms with Gasteiger partial charge in [0.25, 0.3) is 5.91 Å². The molecule has 1 atom stereocenters. The van der Waals surface area contributed by atoms with Crippen molar-refractivity contribution in [3.05, 3.63) is 59.7 Å². The monoisotopic (exact) mass is 370 g/mol. The summed E-state index contributed by atoms with van der Waals surface area (Å²) in [5.41, 5.74) is 1.66. The molecule has 0 aromatic heterocycles. The molecule has 0 aliphatic heterocycles. The van der Waals surface area contributed by atoms with Crippen LogP contribution in [0.5, 0.6) is 11.5 Å². The SMILES string of the molecule is COc1ccc([C@@H](CC(=O)[O-])NC(=O)COc2ccccc2C(C)C)cc1. The van der Waals surface area contributed by atoms with Gasteiger partial charge < -0.3 is 24.7 Å². The van der Waals surface area contributed by atoms with Crippen LogP contribution in [0.1, 0.15) is 43.4 Å². The average molecular weight is 370 g/mol. The van der Waals surface area contributed by atoms with Gasteiger partial charge in [-0.25, -0.2) is 0 Å². The first-order valence-corrected chi connectivity index (χ1v) is 8.75. The van der Waals surface area contributed by atoms with Crippen LogP contribution in [0.15, 0.2) is 48.5 Å². The number of carbonyl (C=O) groups excluding carboxylic acids is 2. The lowest BCUT2D eigenvalue weighted by Crippen LogP contribution is -2.36. The molecule has 144 valence electrons. The summed E-state index contributed by atoms with van der Waals surface area (Å²) in [4.78, 5) is 23.4. The molecule has 0 aliphatic carbocycles. The molecule has 0 radical (unpaired) electrons. The fourth-order valence-electron chi connectivity index (χ4n) is 2.72. The Morgan fingerprint density at radius 3 is 2.33 bits per heavy atom. The molecule has 1 N–H and O–H groups in total. The van der Waals surface area contributed by atoms with Gasteiger partial charge in [0, 0.05) is 12.4 Å². The van der Waals surface area contributed by atoms with E-state index in [1.54, 1.807) is 31.4 Å². The Hall–Kier alpha value is -3.02. The van der Waals surface area contributed by atoms with Crippen LogP contribution in [-0.2, 0) is 9.59 Å². The fourth-order valence-corrected chi connectivity index (χ4v) is 2.72. The highest BCUT2D eigenvalue weighted by Crippen LogP contribution is 2.26. The molecule has 2 aromatic rings. The second-order valence-corrected chi connectivity index (χ2v) is 6.45. The Bertz CT molecular complexity index is 770. The number of carbonyl (C=O) groups is 2. The Kier molecular flexibility index (Phi) is 7.23. The first kappa shape index (κ1) is 20.3. The molecule has 0 heterocycles. The van der Waals surface area contributed by atoms with Crippen LogP contribution in [-0.4, -0.2) is 25.6 Å². The molecule has 0 spiro atoms. The van der Waals surface area contributed by atoms with E-state index in [0.29, 0.717) is 17.1 Å². The van der Waals surface area contributed by atoms with Crippen LogP contribution < -0.4 is 19.9 Å². The van der Waals surface area contributed by atoms with Gasteiger partial charge >= 0.3 is 0 Å². The van der Waals surface area contributed by atoms with Crippen LogP contribution in [0.2, 0.25) is 0 Å². The summed E-state index contributed by atoms with van der Waals surface area (Å²) in [5.74, 6) is -0.110. The van der Waals surface area contributed by atoms with Crippen molar-refractivity contribution in [2.75, 3.05) is 13.7 Å². The van der Waals surface area contributed by atoms with Crippen molar-refractivity contribution in [3.63, 3.8) is 0 Å². The molecule has 6 heteroatoms. The maximum absolute atomic E-state index is 12.3. The number of carboxylic acids is 1. The zero-order valence-corrected chi connectivity index (χ0v) is 15.7. The van der Waals surface area contributed by atoms with Gasteiger partial charge in [0.1, 0.15) is 11.5 Å². The maximum atomic E-state index is 12.3. The lowest BCUT2D eigenvalue weighted by molar-refractivity contribution is -0.306. The predicted molar refractivity (Wildman–Crippen MR) is 99.5 cm³/mol. The highest BCUT2D eigenvalue weighted by molar-refractivity contribution is 5.79. The minimum absolute atomic E-state index is 0.205. The standard InChI is InChI=1S/C21H25NO5/c1-14(2)17-6-4-5-7-19(17)27-13-20(23)22-18(12-21(24)25)15-8-10-16(26-3)11-9-15/h4-11,14,18H,12-13H2,1-3H3,(H,22,23)(H,24,25)/p-1/t18-/m1/s1. The molecule has 6 nitrogen and oxygen atoms in total.